The number of aromatic hydroxyl groups is 1. The highest BCUT2D eigenvalue weighted by Crippen LogP contribution is 2.47. The Bertz CT molecular complexity index is 1210. The molecular formula is C26H27FN2O4. The molecule has 1 aliphatic heterocycles. The van der Waals surface area contributed by atoms with E-state index in [1.807, 2.05) is 13.8 Å². The molecule has 0 aromatic heterocycles. The van der Waals surface area contributed by atoms with Gasteiger partial charge in [-0.3, -0.25) is 9.59 Å². The number of allylic oxidation sites excluding steroid dienone is 3. The van der Waals surface area contributed by atoms with Gasteiger partial charge in [0.05, 0.1) is 7.11 Å². The number of hydrogen-bond acceptors (Lipinski definition) is 5. The van der Waals surface area contributed by atoms with Crippen LogP contribution in [0, 0.1) is 11.2 Å². The van der Waals surface area contributed by atoms with Crippen molar-refractivity contribution in [2.24, 2.45) is 5.41 Å². The maximum absolute atomic E-state index is 13.7. The molecule has 4 rings (SSSR count). The molecule has 172 valence electrons. The van der Waals surface area contributed by atoms with Crippen LogP contribution in [0.25, 0.3) is 0 Å². The SMILES string of the molecule is COc1cc([C@@H]2C(C(=O)Nc3cccc(F)c3)=C(C)NC3=C2C(=O)CC(C)(C)C3)ccc1O. The molecule has 2 aromatic rings. The van der Waals surface area contributed by atoms with E-state index in [1.165, 1.54) is 31.4 Å². The lowest BCUT2D eigenvalue weighted by molar-refractivity contribution is -0.118. The number of halogens is 1. The second-order valence-corrected chi connectivity index (χ2v) is 9.33. The molecule has 33 heavy (non-hydrogen) atoms. The lowest BCUT2D eigenvalue weighted by atomic mass is 9.68. The summed E-state index contributed by atoms with van der Waals surface area (Å²) in [5, 5.41) is 16.1. The average molecular weight is 451 g/mol. The van der Waals surface area contributed by atoms with E-state index in [4.69, 9.17) is 4.74 Å². The number of ketones is 1. The molecule has 7 heteroatoms. The van der Waals surface area contributed by atoms with Gasteiger partial charge in [-0.2, -0.15) is 0 Å². The number of rotatable bonds is 4. The minimum absolute atomic E-state index is 0.0330. The standard InChI is InChI=1S/C26H27FN2O4/c1-14-22(25(32)29-17-7-5-6-16(27)11-17)23(15-8-9-19(30)21(10-15)33-4)24-18(28-14)12-26(2,3)13-20(24)31/h5-11,23,28,30H,12-13H2,1-4H3,(H,29,32)/t23-/m1/s1. The largest absolute Gasteiger partial charge is 0.504 e. The summed E-state index contributed by atoms with van der Waals surface area (Å²) in [6.45, 7) is 5.88. The van der Waals surface area contributed by atoms with Crippen molar-refractivity contribution in [3.63, 3.8) is 0 Å². The number of ether oxygens (including phenoxy) is 1. The van der Waals surface area contributed by atoms with Gasteiger partial charge >= 0.3 is 0 Å². The van der Waals surface area contributed by atoms with Gasteiger partial charge in [0.1, 0.15) is 5.82 Å². The number of dihydropyridines is 1. The van der Waals surface area contributed by atoms with Crippen molar-refractivity contribution in [2.45, 2.75) is 39.5 Å². The summed E-state index contributed by atoms with van der Waals surface area (Å²) < 4.78 is 19.0. The lowest BCUT2D eigenvalue weighted by Crippen LogP contribution is -2.39. The minimum Gasteiger partial charge on any atom is -0.504 e. The third kappa shape index (κ3) is 4.35. The quantitative estimate of drug-likeness (QED) is 0.624. The second-order valence-electron chi connectivity index (χ2n) is 9.33. The predicted molar refractivity (Wildman–Crippen MR) is 123 cm³/mol. The van der Waals surface area contributed by atoms with Crippen molar-refractivity contribution in [1.29, 1.82) is 0 Å². The van der Waals surface area contributed by atoms with E-state index in [0.29, 0.717) is 40.9 Å². The molecule has 0 saturated carbocycles. The minimum atomic E-state index is -0.659. The molecule has 0 fully saturated rings. The first kappa shape index (κ1) is 22.6. The summed E-state index contributed by atoms with van der Waals surface area (Å²) in [5.74, 6) is -1.38. The maximum atomic E-state index is 13.7. The van der Waals surface area contributed by atoms with E-state index in [9.17, 15) is 19.1 Å². The summed E-state index contributed by atoms with van der Waals surface area (Å²) in [6.07, 6.45) is 1.02. The monoisotopic (exact) mass is 450 g/mol. The van der Waals surface area contributed by atoms with Gasteiger partial charge in [-0.15, -0.1) is 0 Å². The first-order valence-electron chi connectivity index (χ1n) is 10.8. The lowest BCUT2D eigenvalue weighted by Gasteiger charge is -2.39. The number of carbonyl (C=O) groups excluding carboxylic acids is 2. The van der Waals surface area contributed by atoms with Crippen molar-refractivity contribution >= 4 is 17.4 Å². The topological polar surface area (TPSA) is 87.7 Å². The second kappa shape index (κ2) is 8.39. The Balaban J connectivity index is 1.84. The Hall–Kier alpha value is -3.61. The van der Waals surface area contributed by atoms with Crippen LogP contribution in [0.2, 0.25) is 0 Å². The molecule has 1 heterocycles. The maximum Gasteiger partial charge on any atom is 0.254 e. The van der Waals surface area contributed by atoms with Gasteiger partial charge in [-0.05, 0) is 54.7 Å². The number of phenolic OH excluding ortho intramolecular Hbond substituents is 1. The Morgan fingerprint density at radius 1 is 1.21 bits per heavy atom. The summed E-state index contributed by atoms with van der Waals surface area (Å²) in [5.41, 5.74) is 3.07. The molecule has 2 aromatic carbocycles. The van der Waals surface area contributed by atoms with Gasteiger partial charge in [0, 0.05) is 40.6 Å². The molecule has 0 spiro atoms. The number of carbonyl (C=O) groups is 2. The van der Waals surface area contributed by atoms with Crippen LogP contribution in [-0.2, 0) is 9.59 Å². The van der Waals surface area contributed by atoms with E-state index in [1.54, 1.807) is 25.1 Å². The molecule has 0 bridgehead atoms. The average Bonchev–Trinajstić information content (AvgIpc) is 2.72. The van der Waals surface area contributed by atoms with Gasteiger partial charge in [-0.1, -0.05) is 26.0 Å². The Labute approximate surface area is 192 Å². The summed E-state index contributed by atoms with van der Waals surface area (Å²) in [7, 11) is 1.44. The van der Waals surface area contributed by atoms with Crippen molar-refractivity contribution in [2.75, 3.05) is 12.4 Å². The smallest absolute Gasteiger partial charge is 0.254 e. The van der Waals surface area contributed by atoms with E-state index >= 15 is 0 Å². The van der Waals surface area contributed by atoms with Gasteiger partial charge in [0.2, 0.25) is 0 Å². The number of benzene rings is 2. The predicted octanol–water partition coefficient (Wildman–Crippen LogP) is 4.78. The van der Waals surface area contributed by atoms with Crippen LogP contribution in [0.15, 0.2) is 65.0 Å². The molecule has 1 aliphatic carbocycles. The summed E-state index contributed by atoms with van der Waals surface area (Å²) >= 11 is 0. The van der Waals surface area contributed by atoms with Gasteiger partial charge in [0.15, 0.2) is 17.3 Å². The number of nitrogens with one attached hydrogen (secondary N) is 2. The number of amides is 1. The van der Waals surface area contributed by atoms with Crippen LogP contribution in [-0.4, -0.2) is 23.9 Å². The fourth-order valence-electron chi connectivity index (χ4n) is 4.71. The van der Waals surface area contributed by atoms with Crippen molar-refractivity contribution in [3.8, 4) is 11.5 Å². The zero-order valence-electron chi connectivity index (χ0n) is 19.1. The van der Waals surface area contributed by atoms with Gasteiger partial charge in [0.25, 0.3) is 5.91 Å². The Morgan fingerprint density at radius 3 is 2.67 bits per heavy atom. The Morgan fingerprint density at radius 2 is 1.97 bits per heavy atom. The van der Waals surface area contributed by atoms with E-state index in [2.05, 4.69) is 10.6 Å². The van der Waals surface area contributed by atoms with Crippen LogP contribution < -0.4 is 15.4 Å². The van der Waals surface area contributed by atoms with Crippen molar-refractivity contribution in [3.05, 3.63) is 76.4 Å². The normalized spacial score (nSPS) is 19.7. The van der Waals surface area contributed by atoms with Gasteiger partial charge in [-0.25, -0.2) is 4.39 Å². The van der Waals surface area contributed by atoms with Gasteiger partial charge < -0.3 is 20.5 Å². The number of anilines is 1. The highest BCUT2D eigenvalue weighted by molar-refractivity contribution is 6.10. The zero-order valence-corrected chi connectivity index (χ0v) is 19.1. The Kier molecular flexibility index (Phi) is 5.74. The molecular weight excluding hydrogens is 423 g/mol. The molecule has 1 atom stereocenters. The van der Waals surface area contributed by atoms with Crippen LogP contribution >= 0.6 is 0 Å². The zero-order chi connectivity index (χ0) is 23.9. The fraction of sp³-hybridized carbons (Fsp3) is 0.308. The fourth-order valence-corrected chi connectivity index (χ4v) is 4.71. The third-order valence-electron chi connectivity index (χ3n) is 6.10. The van der Waals surface area contributed by atoms with Crippen molar-refractivity contribution < 1.29 is 23.8 Å². The van der Waals surface area contributed by atoms with Crippen LogP contribution in [0.3, 0.4) is 0 Å². The van der Waals surface area contributed by atoms with Crippen LogP contribution in [0.4, 0.5) is 10.1 Å². The third-order valence-corrected chi connectivity index (χ3v) is 6.10. The van der Waals surface area contributed by atoms with Crippen molar-refractivity contribution in [1.82, 2.24) is 5.32 Å². The number of Topliss-reactive ketones (excluding diaryl/α,β-unsaturated/α-hetero) is 1. The van der Waals surface area contributed by atoms with E-state index < -0.39 is 17.6 Å². The highest BCUT2D eigenvalue weighted by atomic mass is 19.1. The number of phenols is 1. The number of hydrogen-bond donors (Lipinski definition) is 3. The molecule has 0 radical (unpaired) electrons. The van der Waals surface area contributed by atoms with Crippen LogP contribution in [0.5, 0.6) is 11.5 Å². The molecule has 6 nitrogen and oxygen atoms in total. The molecule has 0 unspecified atom stereocenters. The molecule has 3 N–H and O–H groups in total. The number of methoxy groups -OCH3 is 1. The first-order chi connectivity index (χ1) is 15.6. The molecule has 1 amide bonds. The summed E-state index contributed by atoms with van der Waals surface area (Å²) in [6, 6.07) is 10.5. The highest BCUT2D eigenvalue weighted by Gasteiger charge is 2.42. The summed E-state index contributed by atoms with van der Waals surface area (Å²) in [4.78, 5) is 26.8. The molecule has 0 saturated heterocycles. The first-order valence-corrected chi connectivity index (χ1v) is 10.8. The molecule has 2 aliphatic rings. The van der Waals surface area contributed by atoms with Crippen LogP contribution in [0.1, 0.15) is 45.1 Å². The van der Waals surface area contributed by atoms with E-state index in [-0.39, 0.29) is 22.7 Å². The van der Waals surface area contributed by atoms with E-state index in [0.717, 1.165) is 5.70 Å².